The zero-order chi connectivity index (χ0) is 17.2. The van der Waals surface area contributed by atoms with Crippen molar-refractivity contribution in [3.05, 3.63) is 60.4 Å². The number of hydrogen-bond donors (Lipinski definition) is 1. The average molecular weight is 324 g/mol. The number of rotatable bonds is 5. The number of para-hydroxylation sites is 3. The van der Waals surface area contributed by atoms with Gasteiger partial charge in [-0.2, -0.15) is 0 Å². The molecular formula is C20H24N2O2. The van der Waals surface area contributed by atoms with Crippen molar-refractivity contribution in [2.45, 2.75) is 38.8 Å². The summed E-state index contributed by atoms with van der Waals surface area (Å²) in [6.07, 6.45) is 1.16. The zero-order valence-corrected chi connectivity index (χ0v) is 14.4. The van der Waals surface area contributed by atoms with Crippen molar-refractivity contribution in [2.24, 2.45) is 0 Å². The number of benzene rings is 2. The predicted octanol–water partition coefficient (Wildman–Crippen LogP) is 3.77. The molecule has 2 aromatic carbocycles. The van der Waals surface area contributed by atoms with Crippen molar-refractivity contribution in [1.29, 1.82) is 0 Å². The molecule has 0 aliphatic heterocycles. The Bertz CT molecular complexity index is 818. The van der Waals surface area contributed by atoms with Crippen molar-refractivity contribution in [3.63, 3.8) is 0 Å². The van der Waals surface area contributed by atoms with Crippen molar-refractivity contribution < 1.29 is 9.84 Å². The molecule has 0 aliphatic carbocycles. The maximum absolute atomic E-state index is 10.4. The lowest BCUT2D eigenvalue weighted by molar-refractivity contribution is 0.0924. The highest BCUT2D eigenvalue weighted by atomic mass is 16.5. The summed E-state index contributed by atoms with van der Waals surface area (Å²) in [6, 6.07) is 15.9. The van der Waals surface area contributed by atoms with E-state index in [0.29, 0.717) is 6.54 Å². The van der Waals surface area contributed by atoms with Gasteiger partial charge in [-0.3, -0.25) is 0 Å². The molecule has 1 heterocycles. The first-order valence-corrected chi connectivity index (χ1v) is 8.25. The fraction of sp³-hybridized carbons (Fsp3) is 0.350. The first-order chi connectivity index (χ1) is 11.4. The summed E-state index contributed by atoms with van der Waals surface area (Å²) in [5.41, 5.74) is 3.10. The van der Waals surface area contributed by atoms with E-state index in [9.17, 15) is 5.11 Å². The largest absolute Gasteiger partial charge is 0.491 e. The summed E-state index contributed by atoms with van der Waals surface area (Å²) >= 11 is 0. The molecule has 4 nitrogen and oxygen atoms in total. The van der Waals surface area contributed by atoms with Gasteiger partial charge < -0.3 is 14.4 Å². The van der Waals surface area contributed by atoms with Crippen LogP contribution in [0.3, 0.4) is 0 Å². The fourth-order valence-corrected chi connectivity index (χ4v) is 2.83. The van der Waals surface area contributed by atoms with Crippen LogP contribution in [-0.4, -0.2) is 27.4 Å². The standard InChI is InChI=1S/C20H24N2O2/c1-20(2,3)16-8-4-7-11-19(16)24-13-15(23)12-22-14-21-17-9-5-6-10-18(17)22/h4-11,14-15,23H,12-13H2,1-3H3. The van der Waals surface area contributed by atoms with Crippen LogP contribution in [0.4, 0.5) is 0 Å². The molecule has 0 spiro atoms. The Balaban J connectivity index is 1.67. The summed E-state index contributed by atoms with van der Waals surface area (Å²) in [7, 11) is 0. The number of aliphatic hydroxyl groups is 1. The van der Waals surface area contributed by atoms with Crippen LogP contribution in [0.1, 0.15) is 26.3 Å². The molecule has 3 aromatic rings. The van der Waals surface area contributed by atoms with Crippen LogP contribution in [0.15, 0.2) is 54.9 Å². The lowest BCUT2D eigenvalue weighted by Gasteiger charge is -2.23. The minimum atomic E-state index is -0.601. The number of nitrogens with zero attached hydrogens (tertiary/aromatic N) is 2. The van der Waals surface area contributed by atoms with Crippen LogP contribution in [-0.2, 0) is 12.0 Å². The summed E-state index contributed by atoms with van der Waals surface area (Å²) in [5, 5.41) is 10.4. The van der Waals surface area contributed by atoms with Gasteiger partial charge in [0, 0.05) is 0 Å². The van der Waals surface area contributed by atoms with Crippen molar-refractivity contribution in [1.82, 2.24) is 9.55 Å². The molecule has 24 heavy (non-hydrogen) atoms. The second-order valence-electron chi connectivity index (χ2n) is 7.10. The predicted molar refractivity (Wildman–Crippen MR) is 96.4 cm³/mol. The van der Waals surface area contributed by atoms with Crippen LogP contribution < -0.4 is 4.74 Å². The monoisotopic (exact) mass is 324 g/mol. The van der Waals surface area contributed by atoms with Crippen LogP contribution >= 0.6 is 0 Å². The van der Waals surface area contributed by atoms with E-state index in [-0.39, 0.29) is 12.0 Å². The van der Waals surface area contributed by atoms with Gasteiger partial charge in [-0.05, 0) is 29.2 Å². The molecule has 0 fully saturated rings. The SMILES string of the molecule is CC(C)(C)c1ccccc1OCC(O)Cn1cnc2ccccc21. The van der Waals surface area contributed by atoms with E-state index in [2.05, 4.69) is 31.8 Å². The topological polar surface area (TPSA) is 47.3 Å². The lowest BCUT2D eigenvalue weighted by Crippen LogP contribution is -2.24. The minimum Gasteiger partial charge on any atom is -0.491 e. The molecule has 0 amide bonds. The van der Waals surface area contributed by atoms with Gasteiger partial charge in [0.05, 0.1) is 23.9 Å². The highest BCUT2D eigenvalue weighted by Gasteiger charge is 2.19. The Hall–Kier alpha value is -2.33. The Morgan fingerprint density at radius 2 is 1.79 bits per heavy atom. The first kappa shape index (κ1) is 16.5. The molecular weight excluding hydrogens is 300 g/mol. The first-order valence-electron chi connectivity index (χ1n) is 8.25. The molecule has 1 atom stereocenters. The third-order valence-electron chi connectivity index (χ3n) is 4.06. The van der Waals surface area contributed by atoms with Crippen molar-refractivity contribution in [3.8, 4) is 5.75 Å². The summed E-state index contributed by atoms with van der Waals surface area (Å²) in [6.45, 7) is 7.17. The number of hydrogen-bond acceptors (Lipinski definition) is 3. The minimum absolute atomic E-state index is 0.00208. The van der Waals surface area contributed by atoms with E-state index in [1.54, 1.807) is 6.33 Å². The van der Waals surface area contributed by atoms with E-state index in [1.165, 1.54) is 0 Å². The molecule has 1 N–H and O–H groups in total. The van der Waals surface area contributed by atoms with Gasteiger partial charge in [-0.25, -0.2) is 4.98 Å². The fourth-order valence-electron chi connectivity index (χ4n) is 2.83. The van der Waals surface area contributed by atoms with E-state index in [1.807, 2.05) is 47.0 Å². The summed E-state index contributed by atoms with van der Waals surface area (Å²) in [4.78, 5) is 4.35. The zero-order valence-electron chi connectivity index (χ0n) is 14.4. The van der Waals surface area contributed by atoms with Gasteiger partial charge in [0.2, 0.25) is 0 Å². The smallest absolute Gasteiger partial charge is 0.123 e. The van der Waals surface area contributed by atoms with Crippen molar-refractivity contribution >= 4 is 11.0 Å². The Labute approximate surface area is 142 Å². The molecule has 1 unspecified atom stereocenters. The van der Waals surface area contributed by atoms with Gasteiger partial charge in [0.25, 0.3) is 0 Å². The van der Waals surface area contributed by atoms with Gasteiger partial charge in [-0.15, -0.1) is 0 Å². The van der Waals surface area contributed by atoms with Crippen molar-refractivity contribution in [2.75, 3.05) is 6.61 Å². The van der Waals surface area contributed by atoms with E-state index >= 15 is 0 Å². The number of fused-ring (bicyclic) bond motifs is 1. The van der Waals surface area contributed by atoms with E-state index in [0.717, 1.165) is 22.3 Å². The third-order valence-corrected chi connectivity index (χ3v) is 4.06. The maximum atomic E-state index is 10.4. The summed E-state index contributed by atoms with van der Waals surface area (Å²) in [5.74, 6) is 0.833. The quantitative estimate of drug-likeness (QED) is 0.777. The van der Waals surface area contributed by atoms with E-state index < -0.39 is 6.10 Å². The molecule has 4 heteroatoms. The molecule has 3 rings (SSSR count). The Morgan fingerprint density at radius 1 is 1.08 bits per heavy atom. The highest BCUT2D eigenvalue weighted by Crippen LogP contribution is 2.31. The van der Waals surface area contributed by atoms with E-state index in [4.69, 9.17) is 4.74 Å². The second-order valence-corrected chi connectivity index (χ2v) is 7.10. The van der Waals surface area contributed by atoms with Crippen LogP contribution in [0.5, 0.6) is 5.75 Å². The summed E-state index contributed by atoms with van der Waals surface area (Å²) < 4.78 is 7.86. The molecule has 0 saturated carbocycles. The molecule has 1 aromatic heterocycles. The number of aromatic nitrogens is 2. The molecule has 0 bridgehead atoms. The average Bonchev–Trinajstić information content (AvgIpc) is 2.95. The molecule has 0 aliphatic rings. The highest BCUT2D eigenvalue weighted by molar-refractivity contribution is 5.74. The van der Waals surface area contributed by atoms with Gasteiger partial charge in [0.1, 0.15) is 18.5 Å². The molecule has 126 valence electrons. The van der Waals surface area contributed by atoms with Gasteiger partial charge in [-0.1, -0.05) is 51.1 Å². The number of aliphatic hydroxyl groups excluding tert-OH is 1. The second kappa shape index (κ2) is 6.65. The number of imidazole rings is 1. The lowest BCUT2D eigenvalue weighted by atomic mass is 9.86. The Kier molecular flexibility index (Phi) is 4.58. The van der Waals surface area contributed by atoms with Crippen LogP contribution in [0, 0.1) is 0 Å². The van der Waals surface area contributed by atoms with Crippen LogP contribution in [0.2, 0.25) is 0 Å². The molecule has 0 radical (unpaired) electrons. The van der Waals surface area contributed by atoms with Crippen LogP contribution in [0.25, 0.3) is 11.0 Å². The third kappa shape index (κ3) is 3.60. The van der Waals surface area contributed by atoms with Gasteiger partial charge >= 0.3 is 0 Å². The number of ether oxygens (including phenoxy) is 1. The molecule has 0 saturated heterocycles. The maximum Gasteiger partial charge on any atom is 0.123 e. The normalized spacial score (nSPS) is 13.2. The Morgan fingerprint density at radius 3 is 2.58 bits per heavy atom. The van der Waals surface area contributed by atoms with Gasteiger partial charge in [0.15, 0.2) is 0 Å².